The molecule has 0 bridgehead atoms. The molecule has 6 aliphatic rings. The van der Waals surface area contributed by atoms with E-state index in [0.29, 0.717) is 0 Å². The van der Waals surface area contributed by atoms with Crippen LogP contribution in [0.3, 0.4) is 0 Å². The van der Waals surface area contributed by atoms with E-state index in [1.807, 2.05) is 0 Å². The van der Waals surface area contributed by atoms with Gasteiger partial charge >= 0.3 is 0 Å². The van der Waals surface area contributed by atoms with E-state index in [1.165, 1.54) is 250 Å². The molecule has 0 heterocycles. The van der Waals surface area contributed by atoms with Crippen molar-refractivity contribution in [3.05, 3.63) is 0 Å². The molecule has 0 aromatic heterocycles. The van der Waals surface area contributed by atoms with Crippen LogP contribution in [0.4, 0.5) is 0 Å². The Labute approximate surface area is 369 Å². The first kappa shape index (κ1) is 49.0. The lowest BCUT2D eigenvalue weighted by Gasteiger charge is -2.43. The third-order valence-corrected chi connectivity index (χ3v) is 19.0. The van der Waals surface area contributed by atoms with Gasteiger partial charge in [0.25, 0.3) is 0 Å². The Hall–Kier alpha value is -1.02. The van der Waals surface area contributed by atoms with Crippen molar-refractivity contribution in [2.45, 2.75) is 278 Å². The van der Waals surface area contributed by atoms with Crippen LogP contribution in [0.25, 0.3) is 0 Å². The molecule has 338 valence electrons. The summed E-state index contributed by atoms with van der Waals surface area (Å²) in [5.74, 6) is 9.86. The molecule has 0 saturated heterocycles. The van der Waals surface area contributed by atoms with Gasteiger partial charge in [-0.05, 0) is 175 Å². The van der Waals surface area contributed by atoms with Crippen LogP contribution in [0, 0.1) is 92.7 Å². The van der Waals surface area contributed by atoms with E-state index in [0.717, 1.165) is 59.2 Å². The van der Waals surface area contributed by atoms with Gasteiger partial charge in [-0.25, -0.2) is 0 Å². The van der Waals surface area contributed by atoms with Crippen LogP contribution in [0.15, 0.2) is 0 Å². The topological polar surface area (TPSA) is 47.6 Å². The molecule has 4 unspecified atom stereocenters. The number of rotatable bonds is 19. The molecule has 2 heteroatoms. The SMILES string of the molecule is CCCCCC1(C#N)CCCC(C2CCC(C3CCC(CCCC)CC3)CC2)C1.CCCCCC1CCC(C2CCC(C3CCCC(C#N)(CCCCC)C3)CC2)CC1. The zero-order valence-electron chi connectivity index (χ0n) is 40.2. The molecule has 4 atom stereocenters. The summed E-state index contributed by atoms with van der Waals surface area (Å²) >= 11 is 0. The molecule has 0 aromatic carbocycles. The van der Waals surface area contributed by atoms with Crippen LogP contribution in [0.2, 0.25) is 0 Å². The van der Waals surface area contributed by atoms with Crippen molar-refractivity contribution in [2.75, 3.05) is 0 Å². The van der Waals surface area contributed by atoms with Gasteiger partial charge in [0, 0.05) is 0 Å². The smallest absolute Gasteiger partial charge is 0.0689 e. The summed E-state index contributed by atoms with van der Waals surface area (Å²) in [6.45, 7) is 9.22. The molecule has 6 rings (SSSR count). The van der Waals surface area contributed by atoms with E-state index in [-0.39, 0.29) is 10.8 Å². The van der Waals surface area contributed by atoms with Crippen LogP contribution in [-0.4, -0.2) is 0 Å². The van der Waals surface area contributed by atoms with Gasteiger partial charge in [-0.2, -0.15) is 10.5 Å². The van der Waals surface area contributed by atoms with Crippen LogP contribution in [0.1, 0.15) is 278 Å². The van der Waals surface area contributed by atoms with Crippen molar-refractivity contribution >= 4 is 0 Å². The third kappa shape index (κ3) is 15.3. The minimum absolute atomic E-state index is 0.0328. The zero-order chi connectivity index (χ0) is 41.8. The van der Waals surface area contributed by atoms with Crippen molar-refractivity contribution in [1.82, 2.24) is 0 Å². The van der Waals surface area contributed by atoms with Gasteiger partial charge in [0.1, 0.15) is 0 Å². The van der Waals surface area contributed by atoms with Gasteiger partial charge in [-0.1, -0.05) is 163 Å². The third-order valence-electron chi connectivity index (χ3n) is 19.0. The van der Waals surface area contributed by atoms with Crippen molar-refractivity contribution < 1.29 is 0 Å². The van der Waals surface area contributed by atoms with Gasteiger partial charge in [0.2, 0.25) is 0 Å². The number of unbranched alkanes of at least 4 members (excludes halogenated alkanes) is 7. The molecule has 6 saturated carbocycles. The molecule has 6 fully saturated rings. The molecular weight excluding hydrogens is 713 g/mol. The highest BCUT2D eigenvalue weighted by Gasteiger charge is 2.42. The molecule has 0 N–H and O–H groups in total. The highest BCUT2D eigenvalue weighted by atomic mass is 14.5. The fourth-order valence-corrected chi connectivity index (χ4v) is 15.1. The average molecular weight is 813 g/mol. The summed E-state index contributed by atoms with van der Waals surface area (Å²) in [5.41, 5.74) is 0.0664. The number of nitrogens with zero attached hydrogens (tertiary/aromatic N) is 2. The van der Waals surface area contributed by atoms with Gasteiger partial charge in [0.15, 0.2) is 0 Å². The maximum absolute atomic E-state index is 10.0. The first-order valence-corrected chi connectivity index (χ1v) is 27.7. The predicted molar refractivity (Wildman–Crippen MR) is 254 cm³/mol. The Morgan fingerprint density at radius 2 is 0.661 bits per heavy atom. The average Bonchev–Trinajstić information content (AvgIpc) is 3.29. The quantitative estimate of drug-likeness (QED) is 0.122. The molecule has 0 aromatic rings. The highest BCUT2D eigenvalue weighted by molar-refractivity contribution is 5.04. The largest absolute Gasteiger partial charge is 0.198 e. The number of hydrogen-bond acceptors (Lipinski definition) is 2. The van der Waals surface area contributed by atoms with Crippen LogP contribution < -0.4 is 0 Å². The minimum Gasteiger partial charge on any atom is -0.198 e. The maximum atomic E-state index is 10.0. The molecule has 6 aliphatic carbocycles. The second-order valence-electron chi connectivity index (χ2n) is 23.0. The van der Waals surface area contributed by atoms with Crippen molar-refractivity contribution in [1.29, 1.82) is 10.5 Å². The standard InChI is InChI=1S/C29H51N.C28H49N/c1-3-5-7-10-24-12-14-25(15-13-24)26-16-18-27(19-17-26)28-11-9-21-29(22-28,23-30)20-8-6-4-2;1-3-5-7-19-28(22-29)20-8-10-27(21-28)26-17-15-25(16-18-26)24-13-11-23(12-14-24)9-6-4-2/h24-28H,3-22H2,1-2H3;23-27H,3-21H2,1-2H3. The second kappa shape index (κ2) is 26.6. The minimum atomic E-state index is 0.0328. The van der Waals surface area contributed by atoms with E-state index in [4.69, 9.17) is 0 Å². The second-order valence-corrected chi connectivity index (χ2v) is 23.0. The number of nitriles is 2. The predicted octanol–water partition coefficient (Wildman–Crippen LogP) is 18.5. The van der Waals surface area contributed by atoms with Crippen LogP contribution >= 0.6 is 0 Å². The molecule has 2 nitrogen and oxygen atoms in total. The Morgan fingerprint density at radius 1 is 0.356 bits per heavy atom. The Kier molecular flexibility index (Phi) is 22.1. The normalized spacial score (nSPS) is 38.0. The number of hydrogen-bond donors (Lipinski definition) is 0. The molecule has 0 radical (unpaired) electrons. The van der Waals surface area contributed by atoms with Gasteiger partial charge in [0.05, 0.1) is 23.0 Å². The summed E-state index contributed by atoms with van der Waals surface area (Å²) in [4.78, 5) is 0. The van der Waals surface area contributed by atoms with Crippen molar-refractivity contribution in [3.63, 3.8) is 0 Å². The molecule has 0 amide bonds. The lowest BCUT2D eigenvalue weighted by Crippen LogP contribution is -2.34. The Bertz CT molecular complexity index is 1180. The van der Waals surface area contributed by atoms with E-state index < -0.39 is 0 Å². The molecule has 59 heavy (non-hydrogen) atoms. The summed E-state index contributed by atoms with van der Waals surface area (Å²) in [6.07, 6.45) is 54.5. The Morgan fingerprint density at radius 3 is 1.00 bits per heavy atom. The zero-order valence-corrected chi connectivity index (χ0v) is 40.2. The van der Waals surface area contributed by atoms with Crippen molar-refractivity contribution in [2.24, 2.45) is 70.0 Å². The maximum Gasteiger partial charge on any atom is 0.0689 e. The van der Waals surface area contributed by atoms with Gasteiger partial charge in [-0.3, -0.25) is 0 Å². The fraction of sp³-hybridized carbons (Fsp3) is 0.965. The van der Waals surface area contributed by atoms with E-state index in [9.17, 15) is 10.5 Å². The molecule has 0 spiro atoms. The molecule has 0 aliphatic heterocycles. The lowest BCUT2D eigenvalue weighted by molar-refractivity contribution is 0.0813. The van der Waals surface area contributed by atoms with Gasteiger partial charge in [-0.15, -0.1) is 0 Å². The summed E-state index contributed by atoms with van der Waals surface area (Å²) < 4.78 is 0. The fourth-order valence-electron chi connectivity index (χ4n) is 15.1. The van der Waals surface area contributed by atoms with E-state index >= 15 is 0 Å². The molecular formula is C57H100N2. The van der Waals surface area contributed by atoms with E-state index in [2.05, 4.69) is 39.8 Å². The monoisotopic (exact) mass is 813 g/mol. The first-order valence-electron chi connectivity index (χ1n) is 27.7. The van der Waals surface area contributed by atoms with Crippen LogP contribution in [0.5, 0.6) is 0 Å². The first-order chi connectivity index (χ1) is 28.9. The van der Waals surface area contributed by atoms with Crippen LogP contribution in [-0.2, 0) is 0 Å². The summed E-state index contributed by atoms with van der Waals surface area (Å²) in [7, 11) is 0. The summed E-state index contributed by atoms with van der Waals surface area (Å²) in [6, 6.07) is 5.65. The lowest BCUT2D eigenvalue weighted by atomic mass is 9.61. The highest BCUT2D eigenvalue weighted by Crippen LogP contribution is 2.52. The van der Waals surface area contributed by atoms with Crippen molar-refractivity contribution in [3.8, 4) is 12.1 Å². The Balaban J connectivity index is 0.000000224. The van der Waals surface area contributed by atoms with Gasteiger partial charge < -0.3 is 0 Å². The summed E-state index contributed by atoms with van der Waals surface area (Å²) in [5, 5.41) is 20.0. The van der Waals surface area contributed by atoms with E-state index in [1.54, 1.807) is 0 Å².